The Morgan fingerprint density at radius 2 is 1.96 bits per heavy atom. The van der Waals surface area contributed by atoms with Crippen LogP contribution in [0, 0.1) is 6.92 Å². The van der Waals surface area contributed by atoms with Crippen molar-refractivity contribution < 1.29 is 9.53 Å². The van der Waals surface area contributed by atoms with E-state index in [0.29, 0.717) is 34.6 Å². The number of benzene rings is 1. The standard InChI is InChI=1S/C17H21Cl2N5O2/c1-11-16(19)17(20)21-24(11)15(10-25)23-7-5-22(6-8-23)12-3-4-13(18)14(9-12)26-2/h3-4,9-10,15H,5-8H2,1-2H3,(H2,20,21). The van der Waals surface area contributed by atoms with Gasteiger partial charge < -0.3 is 15.4 Å². The number of piperazine rings is 1. The Kier molecular flexibility index (Phi) is 5.60. The second-order valence-corrected chi connectivity index (χ2v) is 6.91. The molecule has 0 bridgehead atoms. The molecule has 7 nitrogen and oxygen atoms in total. The van der Waals surface area contributed by atoms with Gasteiger partial charge in [0.2, 0.25) is 0 Å². The van der Waals surface area contributed by atoms with E-state index in [1.165, 1.54) is 0 Å². The topological polar surface area (TPSA) is 76.6 Å². The number of hydrogen-bond donors (Lipinski definition) is 1. The van der Waals surface area contributed by atoms with Crippen molar-refractivity contribution in [3.63, 3.8) is 0 Å². The predicted octanol–water partition coefficient (Wildman–Crippen LogP) is 2.61. The molecule has 1 aliphatic heterocycles. The highest BCUT2D eigenvalue weighted by Crippen LogP contribution is 2.31. The number of rotatable bonds is 5. The summed E-state index contributed by atoms with van der Waals surface area (Å²) in [4.78, 5) is 16.0. The van der Waals surface area contributed by atoms with Gasteiger partial charge in [0.15, 0.2) is 18.3 Å². The summed E-state index contributed by atoms with van der Waals surface area (Å²) in [7, 11) is 1.60. The highest BCUT2D eigenvalue weighted by molar-refractivity contribution is 6.33. The molecular weight excluding hydrogens is 377 g/mol. The van der Waals surface area contributed by atoms with Crippen LogP contribution in [0.5, 0.6) is 5.75 Å². The van der Waals surface area contributed by atoms with Crippen molar-refractivity contribution in [1.29, 1.82) is 0 Å². The zero-order valence-corrected chi connectivity index (χ0v) is 16.2. The fourth-order valence-corrected chi connectivity index (χ4v) is 3.49. The van der Waals surface area contributed by atoms with E-state index < -0.39 is 6.17 Å². The van der Waals surface area contributed by atoms with Crippen LogP contribution in [0.3, 0.4) is 0 Å². The zero-order chi connectivity index (χ0) is 18.8. The molecule has 1 unspecified atom stereocenters. The van der Waals surface area contributed by atoms with Gasteiger partial charge in [0.25, 0.3) is 0 Å². The molecule has 0 aliphatic carbocycles. The van der Waals surface area contributed by atoms with Crippen LogP contribution in [0.2, 0.25) is 10.0 Å². The van der Waals surface area contributed by atoms with Crippen LogP contribution in [0.4, 0.5) is 11.5 Å². The van der Waals surface area contributed by atoms with E-state index >= 15 is 0 Å². The van der Waals surface area contributed by atoms with E-state index in [9.17, 15) is 4.79 Å². The average Bonchev–Trinajstić information content (AvgIpc) is 2.91. The summed E-state index contributed by atoms with van der Waals surface area (Å²) < 4.78 is 6.88. The molecule has 0 radical (unpaired) electrons. The SMILES string of the molecule is COc1cc(N2CCN(C(C=O)n3nc(N)c(Cl)c3C)CC2)ccc1Cl. The predicted molar refractivity (Wildman–Crippen MR) is 103 cm³/mol. The molecule has 3 rings (SSSR count). The van der Waals surface area contributed by atoms with Gasteiger partial charge in [-0.05, 0) is 19.1 Å². The first kappa shape index (κ1) is 18.8. The fourth-order valence-electron chi connectivity index (χ4n) is 3.17. The highest BCUT2D eigenvalue weighted by atomic mass is 35.5. The lowest BCUT2D eigenvalue weighted by Gasteiger charge is -2.38. The molecular formula is C17H21Cl2N5O2. The molecule has 2 heterocycles. The van der Waals surface area contributed by atoms with Crippen molar-refractivity contribution in [1.82, 2.24) is 14.7 Å². The number of nitrogens with zero attached hydrogens (tertiary/aromatic N) is 4. The molecule has 1 aromatic carbocycles. The minimum atomic E-state index is -0.522. The number of carbonyl (C=O) groups excluding carboxylic acids is 1. The second-order valence-electron chi connectivity index (χ2n) is 6.12. The Morgan fingerprint density at radius 3 is 2.50 bits per heavy atom. The summed E-state index contributed by atoms with van der Waals surface area (Å²) in [6, 6.07) is 5.72. The number of hydrogen-bond acceptors (Lipinski definition) is 6. The molecule has 9 heteroatoms. The van der Waals surface area contributed by atoms with Crippen LogP contribution in [0.15, 0.2) is 18.2 Å². The van der Waals surface area contributed by atoms with Gasteiger partial charge in [-0.3, -0.25) is 9.69 Å². The van der Waals surface area contributed by atoms with Gasteiger partial charge in [-0.1, -0.05) is 23.2 Å². The van der Waals surface area contributed by atoms with Crippen LogP contribution < -0.4 is 15.4 Å². The van der Waals surface area contributed by atoms with E-state index in [-0.39, 0.29) is 5.82 Å². The van der Waals surface area contributed by atoms with Crippen molar-refractivity contribution in [2.45, 2.75) is 13.1 Å². The minimum absolute atomic E-state index is 0.239. The van der Waals surface area contributed by atoms with E-state index in [4.69, 9.17) is 33.7 Å². The number of methoxy groups -OCH3 is 1. The quantitative estimate of drug-likeness (QED) is 0.781. The van der Waals surface area contributed by atoms with E-state index in [2.05, 4.69) is 14.9 Å². The van der Waals surface area contributed by atoms with Crippen molar-refractivity contribution >= 4 is 41.0 Å². The van der Waals surface area contributed by atoms with Crippen LogP contribution >= 0.6 is 23.2 Å². The first-order chi connectivity index (χ1) is 12.5. The van der Waals surface area contributed by atoms with Gasteiger partial charge in [0, 0.05) is 37.9 Å². The Bertz CT molecular complexity index is 803. The van der Waals surface area contributed by atoms with Crippen molar-refractivity contribution in [3.05, 3.63) is 33.9 Å². The maximum absolute atomic E-state index is 11.7. The molecule has 0 amide bonds. The monoisotopic (exact) mass is 397 g/mol. The molecule has 140 valence electrons. The molecule has 2 aromatic rings. The number of halogens is 2. The Balaban J connectivity index is 1.73. The maximum Gasteiger partial charge on any atom is 0.164 e. The number of anilines is 2. The number of ether oxygens (including phenoxy) is 1. The number of nitrogen functional groups attached to an aromatic ring is 1. The highest BCUT2D eigenvalue weighted by Gasteiger charge is 2.28. The summed E-state index contributed by atoms with van der Waals surface area (Å²) in [6.07, 6.45) is 0.350. The van der Waals surface area contributed by atoms with E-state index in [0.717, 1.165) is 25.1 Å². The molecule has 2 N–H and O–H groups in total. The molecule has 0 spiro atoms. The van der Waals surface area contributed by atoms with Crippen LogP contribution in [-0.4, -0.2) is 54.3 Å². The first-order valence-corrected chi connectivity index (χ1v) is 8.99. The largest absolute Gasteiger partial charge is 0.495 e. The van der Waals surface area contributed by atoms with E-state index in [1.807, 2.05) is 18.2 Å². The first-order valence-electron chi connectivity index (χ1n) is 8.24. The summed E-state index contributed by atoms with van der Waals surface area (Å²) in [5.74, 6) is 0.887. The summed E-state index contributed by atoms with van der Waals surface area (Å²) >= 11 is 12.2. The summed E-state index contributed by atoms with van der Waals surface area (Å²) in [5, 5.41) is 5.19. The lowest BCUT2D eigenvalue weighted by molar-refractivity contribution is -0.116. The van der Waals surface area contributed by atoms with Crippen LogP contribution in [0.25, 0.3) is 0 Å². The van der Waals surface area contributed by atoms with Gasteiger partial charge in [-0.25, -0.2) is 4.68 Å². The molecule has 1 atom stereocenters. The van der Waals surface area contributed by atoms with Crippen LogP contribution in [-0.2, 0) is 4.79 Å². The number of carbonyl (C=O) groups is 1. The van der Waals surface area contributed by atoms with Gasteiger partial charge in [-0.15, -0.1) is 0 Å². The van der Waals surface area contributed by atoms with Crippen molar-refractivity contribution in [2.24, 2.45) is 0 Å². The van der Waals surface area contributed by atoms with Gasteiger partial charge >= 0.3 is 0 Å². The summed E-state index contributed by atoms with van der Waals surface area (Å²) in [5.41, 5.74) is 7.50. The molecule has 1 aliphatic rings. The van der Waals surface area contributed by atoms with Gasteiger partial charge in [-0.2, -0.15) is 5.10 Å². The normalized spacial score (nSPS) is 16.5. The van der Waals surface area contributed by atoms with Gasteiger partial charge in [0.05, 0.1) is 17.8 Å². The third-order valence-corrected chi connectivity index (χ3v) is 5.44. The molecule has 1 fully saturated rings. The summed E-state index contributed by atoms with van der Waals surface area (Å²) in [6.45, 7) is 4.73. The molecule has 1 saturated heterocycles. The van der Waals surface area contributed by atoms with Crippen LogP contribution in [0.1, 0.15) is 11.9 Å². The number of aromatic nitrogens is 2. The molecule has 0 saturated carbocycles. The Hall–Kier alpha value is -1.96. The smallest absolute Gasteiger partial charge is 0.164 e. The third-order valence-electron chi connectivity index (χ3n) is 4.66. The molecule has 26 heavy (non-hydrogen) atoms. The maximum atomic E-state index is 11.7. The average molecular weight is 398 g/mol. The van der Waals surface area contributed by atoms with E-state index in [1.54, 1.807) is 18.7 Å². The molecule has 1 aromatic heterocycles. The third kappa shape index (κ3) is 3.47. The van der Waals surface area contributed by atoms with Crippen molar-refractivity contribution in [2.75, 3.05) is 43.9 Å². The van der Waals surface area contributed by atoms with Gasteiger partial charge in [0.1, 0.15) is 10.8 Å². The Morgan fingerprint density at radius 1 is 1.27 bits per heavy atom. The van der Waals surface area contributed by atoms with Crippen molar-refractivity contribution in [3.8, 4) is 5.75 Å². The lowest BCUT2D eigenvalue weighted by Crippen LogP contribution is -2.49. The lowest BCUT2D eigenvalue weighted by atomic mass is 10.2. The number of aldehydes is 1. The number of nitrogens with two attached hydrogens (primary N) is 1. The Labute approximate surface area is 162 Å². The minimum Gasteiger partial charge on any atom is -0.495 e. The fraction of sp³-hybridized carbons (Fsp3) is 0.412. The second kappa shape index (κ2) is 7.73. The zero-order valence-electron chi connectivity index (χ0n) is 14.7.